The Balaban J connectivity index is 1.77. The predicted octanol–water partition coefficient (Wildman–Crippen LogP) is 4.69. The van der Waals surface area contributed by atoms with Gasteiger partial charge in [-0.25, -0.2) is 0 Å². The molecule has 0 spiro atoms. The van der Waals surface area contributed by atoms with Gasteiger partial charge in [0.2, 0.25) is 0 Å². The molecule has 2 aromatic carbocycles. The van der Waals surface area contributed by atoms with Crippen LogP contribution in [0.25, 0.3) is 16.6 Å². The van der Waals surface area contributed by atoms with Crippen molar-refractivity contribution in [2.24, 2.45) is 0 Å². The van der Waals surface area contributed by atoms with Crippen molar-refractivity contribution in [3.8, 4) is 22.6 Å². The van der Waals surface area contributed by atoms with E-state index < -0.39 is 10.1 Å². The van der Waals surface area contributed by atoms with Gasteiger partial charge in [-0.2, -0.15) is 8.42 Å². The Morgan fingerprint density at radius 1 is 0.893 bits per heavy atom. The number of hydrogen-bond acceptors (Lipinski definition) is 4. The maximum atomic E-state index is 12.8. The van der Waals surface area contributed by atoms with E-state index in [-0.39, 0.29) is 10.6 Å². The van der Waals surface area contributed by atoms with Gasteiger partial charge < -0.3 is 13.3 Å². The topological polar surface area (TPSA) is 57.0 Å². The Morgan fingerprint density at radius 3 is 2.29 bits per heavy atom. The number of aromatic nitrogens is 1. The molecule has 0 aliphatic rings. The summed E-state index contributed by atoms with van der Waals surface area (Å²) in [5.74, 6) is 1.03. The molecular formula is C22H19NO4S. The summed E-state index contributed by atoms with van der Waals surface area (Å²) >= 11 is 0. The van der Waals surface area contributed by atoms with E-state index in [2.05, 4.69) is 0 Å². The van der Waals surface area contributed by atoms with Crippen LogP contribution in [-0.2, 0) is 10.1 Å². The first-order valence-corrected chi connectivity index (χ1v) is 10.1. The summed E-state index contributed by atoms with van der Waals surface area (Å²) in [5.41, 5.74) is 3.41. The Bertz CT molecular complexity index is 1220. The van der Waals surface area contributed by atoms with E-state index in [1.54, 1.807) is 37.4 Å². The van der Waals surface area contributed by atoms with E-state index in [1.807, 2.05) is 60.1 Å². The minimum Gasteiger partial charge on any atom is -0.497 e. The highest BCUT2D eigenvalue weighted by Crippen LogP contribution is 2.31. The highest BCUT2D eigenvalue weighted by Gasteiger charge is 2.19. The molecule has 5 nitrogen and oxygen atoms in total. The minimum absolute atomic E-state index is 0.123. The first kappa shape index (κ1) is 18.1. The molecule has 142 valence electrons. The van der Waals surface area contributed by atoms with Gasteiger partial charge in [-0.1, -0.05) is 29.8 Å². The van der Waals surface area contributed by atoms with Crippen molar-refractivity contribution >= 4 is 15.6 Å². The molecule has 28 heavy (non-hydrogen) atoms. The predicted molar refractivity (Wildman–Crippen MR) is 108 cm³/mol. The summed E-state index contributed by atoms with van der Waals surface area (Å²) in [6.45, 7) is 1.90. The van der Waals surface area contributed by atoms with E-state index in [0.717, 1.165) is 22.4 Å². The average molecular weight is 393 g/mol. The number of fused-ring (bicyclic) bond motifs is 1. The SMILES string of the molecule is COc1ccc(-c2cc(OS(=O)(=O)c3ccc(C)cc3)c3cccn3c2)cc1. The lowest BCUT2D eigenvalue weighted by atomic mass is 10.1. The molecule has 0 atom stereocenters. The van der Waals surface area contributed by atoms with Crippen LogP contribution < -0.4 is 8.92 Å². The van der Waals surface area contributed by atoms with Crippen molar-refractivity contribution in [2.45, 2.75) is 11.8 Å². The molecule has 0 saturated carbocycles. The van der Waals surface area contributed by atoms with E-state index in [4.69, 9.17) is 8.92 Å². The van der Waals surface area contributed by atoms with Gasteiger partial charge in [-0.15, -0.1) is 0 Å². The van der Waals surface area contributed by atoms with Crippen LogP contribution in [0, 0.1) is 6.92 Å². The maximum Gasteiger partial charge on any atom is 0.339 e. The van der Waals surface area contributed by atoms with Gasteiger partial charge in [0.15, 0.2) is 5.75 Å². The van der Waals surface area contributed by atoms with Crippen LogP contribution in [0.4, 0.5) is 0 Å². The normalized spacial score (nSPS) is 11.5. The second-order valence-corrected chi connectivity index (χ2v) is 8.02. The van der Waals surface area contributed by atoms with Crippen LogP contribution in [-0.4, -0.2) is 19.9 Å². The summed E-state index contributed by atoms with van der Waals surface area (Å²) in [7, 11) is -2.33. The lowest BCUT2D eigenvalue weighted by Gasteiger charge is -2.12. The van der Waals surface area contributed by atoms with Gasteiger partial charge >= 0.3 is 10.1 Å². The number of aryl methyl sites for hydroxylation is 1. The Kier molecular flexibility index (Phi) is 4.57. The molecule has 6 heteroatoms. The van der Waals surface area contributed by atoms with E-state index >= 15 is 0 Å². The first-order valence-electron chi connectivity index (χ1n) is 8.72. The number of ether oxygens (including phenoxy) is 1. The van der Waals surface area contributed by atoms with Crippen molar-refractivity contribution in [3.05, 3.63) is 84.7 Å². The highest BCUT2D eigenvalue weighted by molar-refractivity contribution is 7.87. The molecule has 0 radical (unpaired) electrons. The summed E-state index contributed by atoms with van der Waals surface area (Å²) < 4.78 is 38.1. The fraction of sp³-hybridized carbons (Fsp3) is 0.0909. The lowest BCUT2D eigenvalue weighted by Crippen LogP contribution is -2.10. The molecule has 2 aromatic heterocycles. The largest absolute Gasteiger partial charge is 0.497 e. The number of pyridine rings is 1. The van der Waals surface area contributed by atoms with Gasteiger partial charge in [0.1, 0.15) is 10.6 Å². The lowest BCUT2D eigenvalue weighted by molar-refractivity contribution is 0.415. The van der Waals surface area contributed by atoms with Crippen molar-refractivity contribution in [1.82, 2.24) is 4.40 Å². The molecule has 0 aliphatic heterocycles. The van der Waals surface area contributed by atoms with Crippen molar-refractivity contribution in [2.75, 3.05) is 7.11 Å². The molecular weight excluding hydrogens is 374 g/mol. The molecule has 0 aliphatic carbocycles. The van der Waals surface area contributed by atoms with Crippen LogP contribution in [0.15, 0.2) is 84.0 Å². The molecule has 0 saturated heterocycles. The zero-order valence-corrected chi connectivity index (χ0v) is 16.3. The average Bonchev–Trinajstić information content (AvgIpc) is 3.17. The zero-order chi connectivity index (χ0) is 19.7. The summed E-state index contributed by atoms with van der Waals surface area (Å²) in [6, 6.07) is 19.6. The van der Waals surface area contributed by atoms with Crippen LogP contribution >= 0.6 is 0 Å². The number of nitrogens with zero attached hydrogens (tertiary/aromatic N) is 1. The molecule has 0 amide bonds. The number of benzene rings is 2. The van der Waals surface area contributed by atoms with Gasteiger partial charge in [0.05, 0.1) is 12.6 Å². The fourth-order valence-electron chi connectivity index (χ4n) is 3.00. The summed E-state index contributed by atoms with van der Waals surface area (Å²) in [5, 5.41) is 0. The van der Waals surface area contributed by atoms with Crippen molar-refractivity contribution < 1.29 is 17.3 Å². The molecule has 0 bridgehead atoms. The maximum absolute atomic E-state index is 12.8. The Hall–Kier alpha value is -3.25. The molecule has 4 rings (SSSR count). The smallest absolute Gasteiger partial charge is 0.339 e. The van der Waals surface area contributed by atoms with E-state index in [0.29, 0.717) is 5.52 Å². The van der Waals surface area contributed by atoms with Crippen molar-refractivity contribution in [3.63, 3.8) is 0 Å². The Labute approximate surface area is 163 Å². The van der Waals surface area contributed by atoms with E-state index in [1.165, 1.54) is 0 Å². The molecule has 4 aromatic rings. The molecule has 0 unspecified atom stereocenters. The third-order valence-corrected chi connectivity index (χ3v) is 5.78. The van der Waals surface area contributed by atoms with Gasteiger partial charge in [-0.3, -0.25) is 0 Å². The van der Waals surface area contributed by atoms with Gasteiger partial charge in [-0.05, 0) is 55.0 Å². The zero-order valence-electron chi connectivity index (χ0n) is 15.5. The van der Waals surface area contributed by atoms with Crippen LogP contribution in [0.5, 0.6) is 11.5 Å². The second-order valence-electron chi connectivity index (χ2n) is 6.47. The van der Waals surface area contributed by atoms with Crippen molar-refractivity contribution in [1.29, 1.82) is 0 Å². The molecule has 0 fully saturated rings. The quantitative estimate of drug-likeness (QED) is 0.462. The number of rotatable bonds is 5. The Morgan fingerprint density at radius 2 is 1.61 bits per heavy atom. The number of methoxy groups -OCH3 is 1. The number of hydrogen-bond donors (Lipinski definition) is 0. The third-order valence-electron chi connectivity index (χ3n) is 4.53. The fourth-order valence-corrected chi connectivity index (χ4v) is 3.93. The molecule has 2 heterocycles. The van der Waals surface area contributed by atoms with E-state index in [9.17, 15) is 8.42 Å². The van der Waals surface area contributed by atoms with Crippen LogP contribution in [0.1, 0.15) is 5.56 Å². The van der Waals surface area contributed by atoms with Crippen LogP contribution in [0.2, 0.25) is 0 Å². The van der Waals surface area contributed by atoms with Gasteiger partial charge in [0.25, 0.3) is 0 Å². The molecule has 0 N–H and O–H groups in total. The highest BCUT2D eigenvalue weighted by atomic mass is 32.2. The third kappa shape index (κ3) is 3.46. The first-order chi connectivity index (χ1) is 13.5. The second kappa shape index (κ2) is 7.05. The monoisotopic (exact) mass is 393 g/mol. The standard InChI is InChI=1S/C22H19NO4S/c1-16-5-11-20(12-6-16)28(24,25)27-22-14-18(15-23-13-3-4-21(22)23)17-7-9-19(26-2)10-8-17/h3-15H,1-2H3. The van der Waals surface area contributed by atoms with Gasteiger partial charge in [0, 0.05) is 18.0 Å². The minimum atomic E-state index is -3.94. The van der Waals surface area contributed by atoms with Crippen LogP contribution in [0.3, 0.4) is 0 Å². The summed E-state index contributed by atoms with van der Waals surface area (Å²) in [6.07, 6.45) is 3.79. The summed E-state index contributed by atoms with van der Waals surface area (Å²) in [4.78, 5) is 0.123.